The van der Waals surface area contributed by atoms with Crippen LogP contribution in [-0.2, 0) is 6.42 Å². The van der Waals surface area contributed by atoms with Gasteiger partial charge in [0.15, 0.2) is 11.5 Å². The topological polar surface area (TPSA) is 42.9 Å². The fourth-order valence-electron chi connectivity index (χ4n) is 3.71. The van der Waals surface area contributed by atoms with Crippen LogP contribution in [0.1, 0.15) is 22.6 Å². The second-order valence-corrected chi connectivity index (χ2v) is 7.44. The van der Waals surface area contributed by atoms with Crippen LogP contribution in [0.15, 0.2) is 71.7 Å². The summed E-state index contributed by atoms with van der Waals surface area (Å²) in [5, 5.41) is 4.10. The van der Waals surface area contributed by atoms with Gasteiger partial charge in [-0.05, 0) is 47.9 Å². The average Bonchev–Trinajstić information content (AvgIpc) is 2.75. The molecule has 1 heterocycles. The van der Waals surface area contributed by atoms with Gasteiger partial charge < -0.3 is 14.8 Å². The van der Waals surface area contributed by atoms with E-state index in [9.17, 15) is 0 Å². The molecular weight excluding hydrogens is 384 g/mol. The Hall–Kier alpha value is -2.98. The Balaban J connectivity index is 1.73. The van der Waals surface area contributed by atoms with Crippen molar-refractivity contribution in [1.82, 2.24) is 0 Å². The van der Waals surface area contributed by atoms with Crippen LogP contribution < -0.4 is 14.8 Å². The number of amidine groups is 1. The van der Waals surface area contributed by atoms with Gasteiger partial charge in [-0.2, -0.15) is 0 Å². The number of nitrogens with zero attached hydrogens (tertiary/aromatic N) is 1. The number of hydrogen-bond acceptors (Lipinski definition) is 4. The number of benzene rings is 3. The normalized spacial score (nSPS) is 15.3. The van der Waals surface area contributed by atoms with E-state index in [1.54, 1.807) is 14.2 Å². The molecular formula is C24H23ClN2O2. The molecule has 1 aliphatic heterocycles. The summed E-state index contributed by atoms with van der Waals surface area (Å²) in [5.74, 6) is 2.49. The summed E-state index contributed by atoms with van der Waals surface area (Å²) in [7, 11) is 3.31. The van der Waals surface area contributed by atoms with Gasteiger partial charge >= 0.3 is 0 Å². The number of methoxy groups -OCH3 is 2. The van der Waals surface area contributed by atoms with Crippen LogP contribution in [0.3, 0.4) is 0 Å². The molecule has 29 heavy (non-hydrogen) atoms. The third-order valence-corrected chi connectivity index (χ3v) is 5.37. The molecule has 5 heteroatoms. The van der Waals surface area contributed by atoms with E-state index in [4.69, 9.17) is 26.1 Å². The van der Waals surface area contributed by atoms with Gasteiger partial charge in [-0.3, -0.25) is 4.99 Å². The first kappa shape index (κ1) is 19.3. The van der Waals surface area contributed by atoms with E-state index >= 15 is 0 Å². The molecule has 0 saturated carbocycles. The van der Waals surface area contributed by atoms with Crippen LogP contribution >= 0.6 is 11.6 Å². The highest BCUT2D eigenvalue weighted by atomic mass is 35.5. The minimum atomic E-state index is 0.261. The number of hydrogen-bond donors (Lipinski definition) is 1. The molecule has 1 unspecified atom stereocenters. The Morgan fingerprint density at radius 1 is 0.966 bits per heavy atom. The van der Waals surface area contributed by atoms with Crippen LogP contribution in [0.2, 0.25) is 5.02 Å². The van der Waals surface area contributed by atoms with E-state index in [2.05, 4.69) is 35.6 Å². The lowest BCUT2D eigenvalue weighted by molar-refractivity contribution is 0.354. The second-order valence-electron chi connectivity index (χ2n) is 7.01. The molecule has 4 rings (SSSR count). The van der Waals surface area contributed by atoms with Crippen molar-refractivity contribution in [3.8, 4) is 11.5 Å². The lowest BCUT2D eigenvalue weighted by Crippen LogP contribution is -2.25. The summed E-state index contributed by atoms with van der Waals surface area (Å²) in [6.45, 7) is 0.695. The van der Waals surface area contributed by atoms with Gasteiger partial charge in [-0.1, -0.05) is 48.0 Å². The lowest BCUT2D eigenvalue weighted by Gasteiger charge is -2.27. The van der Waals surface area contributed by atoms with E-state index in [-0.39, 0.29) is 5.92 Å². The predicted molar refractivity (Wildman–Crippen MR) is 119 cm³/mol. The molecule has 0 aliphatic carbocycles. The maximum absolute atomic E-state index is 6.15. The molecule has 0 bridgehead atoms. The summed E-state index contributed by atoms with van der Waals surface area (Å²) in [4.78, 5) is 4.87. The van der Waals surface area contributed by atoms with Crippen LogP contribution in [-0.4, -0.2) is 26.6 Å². The zero-order valence-corrected chi connectivity index (χ0v) is 17.2. The Kier molecular flexibility index (Phi) is 5.72. The molecule has 1 atom stereocenters. The average molecular weight is 407 g/mol. The summed E-state index contributed by atoms with van der Waals surface area (Å²) in [6.07, 6.45) is 0.914. The maximum atomic E-state index is 6.15. The van der Waals surface area contributed by atoms with E-state index in [0.717, 1.165) is 29.3 Å². The first-order valence-electron chi connectivity index (χ1n) is 9.55. The quantitative estimate of drug-likeness (QED) is 0.603. The smallest absolute Gasteiger partial charge is 0.161 e. The predicted octanol–water partition coefficient (Wildman–Crippen LogP) is 5.56. The SMILES string of the molecule is COc1cc2c(cc1OC)C(Cc1ccccc1)CN=C2Nc1cccc(Cl)c1. The molecule has 0 amide bonds. The largest absolute Gasteiger partial charge is 0.493 e. The number of nitrogens with one attached hydrogen (secondary N) is 1. The molecule has 3 aromatic carbocycles. The van der Waals surface area contributed by atoms with E-state index in [1.165, 1.54) is 11.1 Å². The molecule has 0 fully saturated rings. The van der Waals surface area contributed by atoms with Crippen LogP contribution in [0.4, 0.5) is 5.69 Å². The highest BCUT2D eigenvalue weighted by Gasteiger charge is 2.26. The van der Waals surface area contributed by atoms with E-state index in [1.807, 2.05) is 36.4 Å². The van der Waals surface area contributed by atoms with Crippen molar-refractivity contribution in [3.05, 3.63) is 88.4 Å². The van der Waals surface area contributed by atoms with Gasteiger partial charge in [-0.25, -0.2) is 0 Å². The molecule has 4 nitrogen and oxygen atoms in total. The standard InChI is InChI=1S/C24H23ClN2O2/c1-28-22-13-20-17(11-16-7-4-3-5-8-16)15-26-24(21(20)14-23(22)29-2)27-19-10-6-9-18(25)12-19/h3-10,12-14,17H,11,15H2,1-2H3,(H,26,27). The van der Waals surface area contributed by atoms with Crippen molar-refractivity contribution in [1.29, 1.82) is 0 Å². The molecule has 0 aromatic heterocycles. The van der Waals surface area contributed by atoms with Crippen molar-refractivity contribution in [3.63, 3.8) is 0 Å². The monoisotopic (exact) mass is 406 g/mol. The zero-order valence-electron chi connectivity index (χ0n) is 16.5. The second kappa shape index (κ2) is 8.58. The van der Waals surface area contributed by atoms with Gasteiger partial charge in [0.05, 0.1) is 14.2 Å². The van der Waals surface area contributed by atoms with E-state index < -0.39 is 0 Å². The number of rotatable bonds is 5. The van der Waals surface area contributed by atoms with Gasteiger partial charge in [0.1, 0.15) is 5.84 Å². The minimum Gasteiger partial charge on any atom is -0.493 e. The number of anilines is 1. The summed E-state index contributed by atoms with van der Waals surface area (Å²) in [5.41, 5.74) is 4.42. The molecule has 0 spiro atoms. The number of ether oxygens (including phenoxy) is 2. The molecule has 0 saturated heterocycles. The third kappa shape index (κ3) is 4.22. The van der Waals surface area contributed by atoms with Crippen molar-refractivity contribution < 1.29 is 9.47 Å². The Labute approximate surface area is 176 Å². The van der Waals surface area contributed by atoms with Crippen molar-refractivity contribution in [2.75, 3.05) is 26.1 Å². The first-order chi connectivity index (χ1) is 14.2. The van der Waals surface area contributed by atoms with Crippen molar-refractivity contribution in [2.24, 2.45) is 4.99 Å². The molecule has 148 valence electrons. The minimum absolute atomic E-state index is 0.261. The van der Waals surface area contributed by atoms with E-state index in [0.29, 0.717) is 17.3 Å². The number of aliphatic imine (C=N–C) groups is 1. The number of halogens is 1. The summed E-state index contributed by atoms with van der Waals surface area (Å²) < 4.78 is 11.1. The third-order valence-electron chi connectivity index (χ3n) is 5.13. The van der Waals surface area contributed by atoms with Gasteiger partial charge in [0.25, 0.3) is 0 Å². The molecule has 1 N–H and O–H groups in total. The Morgan fingerprint density at radius 2 is 1.72 bits per heavy atom. The molecule has 3 aromatic rings. The van der Waals surface area contributed by atoms with Crippen molar-refractivity contribution >= 4 is 23.1 Å². The fourth-order valence-corrected chi connectivity index (χ4v) is 3.90. The maximum Gasteiger partial charge on any atom is 0.161 e. The van der Waals surface area contributed by atoms with Gasteiger partial charge in [0.2, 0.25) is 0 Å². The fraction of sp³-hybridized carbons (Fsp3) is 0.208. The van der Waals surface area contributed by atoms with Crippen LogP contribution in [0.25, 0.3) is 0 Å². The van der Waals surface area contributed by atoms with Crippen molar-refractivity contribution in [2.45, 2.75) is 12.3 Å². The van der Waals surface area contributed by atoms with Gasteiger partial charge in [0, 0.05) is 28.7 Å². The zero-order chi connectivity index (χ0) is 20.2. The summed E-state index contributed by atoms with van der Waals surface area (Å²) in [6, 6.07) is 22.2. The van der Waals surface area contributed by atoms with Crippen LogP contribution in [0, 0.1) is 0 Å². The highest BCUT2D eigenvalue weighted by molar-refractivity contribution is 6.31. The summed E-state index contributed by atoms with van der Waals surface area (Å²) >= 11 is 6.15. The Bertz CT molecular complexity index is 1030. The molecule has 0 radical (unpaired) electrons. The lowest BCUT2D eigenvalue weighted by atomic mass is 9.86. The molecule has 1 aliphatic rings. The van der Waals surface area contributed by atoms with Gasteiger partial charge in [-0.15, -0.1) is 0 Å². The first-order valence-corrected chi connectivity index (χ1v) is 9.93. The Morgan fingerprint density at radius 3 is 2.45 bits per heavy atom. The number of fused-ring (bicyclic) bond motifs is 1. The van der Waals surface area contributed by atoms with Crippen LogP contribution in [0.5, 0.6) is 11.5 Å². The highest BCUT2D eigenvalue weighted by Crippen LogP contribution is 2.38.